The number of ether oxygens (including phenoxy) is 3. The molecule has 22 heavy (non-hydrogen) atoms. The van der Waals surface area contributed by atoms with E-state index in [-0.39, 0.29) is 5.78 Å². The Morgan fingerprint density at radius 2 is 1.36 bits per heavy atom. The van der Waals surface area contributed by atoms with Gasteiger partial charge in [-0.25, -0.2) is 0 Å². The molecular formula is C18H20O4. The van der Waals surface area contributed by atoms with Crippen molar-refractivity contribution < 1.29 is 19.0 Å². The SMILES string of the molecule is COc1cccc(C)c1C(=O)c1c(OC)cc(C)cc1OC. The summed E-state index contributed by atoms with van der Waals surface area (Å²) in [5.74, 6) is 1.35. The van der Waals surface area contributed by atoms with E-state index in [1.54, 1.807) is 27.4 Å². The number of benzene rings is 2. The maximum absolute atomic E-state index is 13.1. The van der Waals surface area contributed by atoms with E-state index in [1.165, 1.54) is 0 Å². The predicted octanol–water partition coefficient (Wildman–Crippen LogP) is 3.56. The summed E-state index contributed by atoms with van der Waals surface area (Å²) in [7, 11) is 4.63. The molecule has 0 bridgehead atoms. The first-order valence-corrected chi connectivity index (χ1v) is 6.94. The highest BCUT2D eigenvalue weighted by Gasteiger charge is 2.24. The lowest BCUT2D eigenvalue weighted by atomic mass is 9.96. The van der Waals surface area contributed by atoms with Crippen molar-refractivity contribution in [2.45, 2.75) is 13.8 Å². The second-order valence-electron chi connectivity index (χ2n) is 5.03. The normalized spacial score (nSPS) is 10.2. The van der Waals surface area contributed by atoms with Crippen LogP contribution >= 0.6 is 0 Å². The molecule has 2 aromatic carbocycles. The van der Waals surface area contributed by atoms with Gasteiger partial charge in [0.2, 0.25) is 5.78 Å². The quantitative estimate of drug-likeness (QED) is 0.792. The van der Waals surface area contributed by atoms with Gasteiger partial charge < -0.3 is 14.2 Å². The van der Waals surface area contributed by atoms with Crippen molar-refractivity contribution in [3.05, 3.63) is 52.6 Å². The second kappa shape index (κ2) is 6.52. The van der Waals surface area contributed by atoms with Crippen molar-refractivity contribution in [3.8, 4) is 17.2 Å². The summed E-state index contributed by atoms with van der Waals surface area (Å²) in [6, 6.07) is 9.14. The van der Waals surface area contributed by atoms with Crippen LogP contribution in [0, 0.1) is 13.8 Å². The molecule has 0 N–H and O–H groups in total. The third-order valence-corrected chi connectivity index (χ3v) is 3.56. The number of aryl methyl sites for hydroxylation is 2. The van der Waals surface area contributed by atoms with E-state index in [2.05, 4.69) is 0 Å². The molecule has 0 aliphatic rings. The van der Waals surface area contributed by atoms with E-state index >= 15 is 0 Å². The van der Waals surface area contributed by atoms with E-state index in [0.717, 1.165) is 11.1 Å². The molecule has 0 radical (unpaired) electrons. The van der Waals surface area contributed by atoms with Gasteiger partial charge in [0, 0.05) is 0 Å². The van der Waals surface area contributed by atoms with Crippen LogP contribution in [0.5, 0.6) is 17.2 Å². The topological polar surface area (TPSA) is 44.8 Å². The summed E-state index contributed by atoms with van der Waals surface area (Å²) in [6.45, 7) is 3.80. The first-order valence-electron chi connectivity index (χ1n) is 6.94. The maximum Gasteiger partial charge on any atom is 0.204 e. The lowest BCUT2D eigenvalue weighted by Crippen LogP contribution is -2.10. The van der Waals surface area contributed by atoms with Gasteiger partial charge in [0.15, 0.2) is 0 Å². The Kier molecular flexibility index (Phi) is 4.71. The molecule has 0 unspecified atom stereocenters. The van der Waals surface area contributed by atoms with Crippen molar-refractivity contribution in [1.82, 2.24) is 0 Å². The molecule has 0 aliphatic carbocycles. The molecule has 116 valence electrons. The Labute approximate surface area is 130 Å². The Hall–Kier alpha value is -2.49. The van der Waals surface area contributed by atoms with Crippen LogP contribution in [0.1, 0.15) is 27.0 Å². The second-order valence-corrected chi connectivity index (χ2v) is 5.03. The van der Waals surface area contributed by atoms with E-state index in [0.29, 0.717) is 28.4 Å². The maximum atomic E-state index is 13.1. The van der Waals surface area contributed by atoms with Crippen molar-refractivity contribution in [2.24, 2.45) is 0 Å². The molecule has 4 heteroatoms. The first-order chi connectivity index (χ1) is 10.5. The fourth-order valence-electron chi connectivity index (χ4n) is 2.49. The number of carbonyl (C=O) groups excluding carboxylic acids is 1. The van der Waals surface area contributed by atoms with Gasteiger partial charge in [-0.2, -0.15) is 0 Å². The number of methoxy groups -OCH3 is 3. The molecule has 0 saturated heterocycles. The zero-order valence-corrected chi connectivity index (χ0v) is 13.5. The van der Waals surface area contributed by atoms with Crippen molar-refractivity contribution >= 4 is 5.78 Å². The zero-order chi connectivity index (χ0) is 16.3. The fraction of sp³-hybridized carbons (Fsp3) is 0.278. The minimum absolute atomic E-state index is 0.177. The summed E-state index contributed by atoms with van der Waals surface area (Å²) in [5, 5.41) is 0. The third-order valence-electron chi connectivity index (χ3n) is 3.56. The highest BCUT2D eigenvalue weighted by Crippen LogP contribution is 2.35. The molecule has 0 spiro atoms. The third kappa shape index (κ3) is 2.77. The standard InChI is InChI=1S/C18H20O4/c1-11-9-14(21-4)17(15(10-11)22-5)18(19)16-12(2)7-6-8-13(16)20-3/h6-10H,1-5H3. The van der Waals surface area contributed by atoms with Crippen LogP contribution in [0.25, 0.3) is 0 Å². The van der Waals surface area contributed by atoms with E-state index < -0.39 is 0 Å². The number of carbonyl (C=O) groups is 1. The molecule has 2 rings (SSSR count). The average Bonchev–Trinajstić information content (AvgIpc) is 2.52. The monoisotopic (exact) mass is 300 g/mol. The Balaban J connectivity index is 2.69. The molecule has 0 aromatic heterocycles. The van der Waals surface area contributed by atoms with Gasteiger partial charge in [-0.3, -0.25) is 4.79 Å². The van der Waals surface area contributed by atoms with Crippen LogP contribution in [0.4, 0.5) is 0 Å². The van der Waals surface area contributed by atoms with Crippen LogP contribution in [-0.4, -0.2) is 27.1 Å². The minimum atomic E-state index is -0.177. The van der Waals surface area contributed by atoms with E-state index in [1.807, 2.05) is 38.1 Å². The molecule has 0 saturated carbocycles. The molecule has 0 atom stereocenters. The smallest absolute Gasteiger partial charge is 0.204 e. The van der Waals surface area contributed by atoms with Crippen LogP contribution in [-0.2, 0) is 0 Å². The molecule has 0 aliphatic heterocycles. The van der Waals surface area contributed by atoms with Gasteiger partial charge in [-0.15, -0.1) is 0 Å². The highest BCUT2D eigenvalue weighted by atomic mass is 16.5. The molecule has 0 fully saturated rings. The Morgan fingerprint density at radius 1 is 0.818 bits per heavy atom. The first kappa shape index (κ1) is 15.9. The molecule has 0 heterocycles. The van der Waals surface area contributed by atoms with Gasteiger partial charge in [0.1, 0.15) is 22.8 Å². The van der Waals surface area contributed by atoms with Crippen LogP contribution < -0.4 is 14.2 Å². The average molecular weight is 300 g/mol. The van der Waals surface area contributed by atoms with Gasteiger partial charge in [0.25, 0.3) is 0 Å². The lowest BCUT2D eigenvalue weighted by Gasteiger charge is -2.16. The molecule has 2 aromatic rings. The number of ketones is 1. The van der Waals surface area contributed by atoms with Crippen molar-refractivity contribution in [3.63, 3.8) is 0 Å². The lowest BCUT2D eigenvalue weighted by molar-refractivity contribution is 0.102. The van der Waals surface area contributed by atoms with Crippen LogP contribution in [0.15, 0.2) is 30.3 Å². The Morgan fingerprint density at radius 3 is 1.86 bits per heavy atom. The largest absolute Gasteiger partial charge is 0.496 e. The van der Waals surface area contributed by atoms with Crippen molar-refractivity contribution in [2.75, 3.05) is 21.3 Å². The number of hydrogen-bond acceptors (Lipinski definition) is 4. The van der Waals surface area contributed by atoms with E-state index in [4.69, 9.17) is 14.2 Å². The number of rotatable bonds is 5. The summed E-state index contributed by atoms with van der Waals surface area (Å²) in [4.78, 5) is 13.1. The molecule has 4 nitrogen and oxygen atoms in total. The zero-order valence-electron chi connectivity index (χ0n) is 13.5. The summed E-state index contributed by atoms with van der Waals surface area (Å²) in [6.07, 6.45) is 0. The van der Waals surface area contributed by atoms with Gasteiger partial charge in [-0.05, 0) is 43.2 Å². The van der Waals surface area contributed by atoms with Crippen LogP contribution in [0.3, 0.4) is 0 Å². The Bertz CT molecular complexity index is 679. The summed E-state index contributed by atoms with van der Waals surface area (Å²) < 4.78 is 16.1. The highest BCUT2D eigenvalue weighted by molar-refractivity contribution is 6.15. The van der Waals surface area contributed by atoms with Crippen LogP contribution in [0.2, 0.25) is 0 Å². The van der Waals surface area contributed by atoms with Crippen molar-refractivity contribution in [1.29, 1.82) is 0 Å². The van der Waals surface area contributed by atoms with Gasteiger partial charge in [-0.1, -0.05) is 12.1 Å². The molecule has 0 amide bonds. The summed E-state index contributed by atoms with van der Waals surface area (Å²) in [5.41, 5.74) is 2.73. The predicted molar refractivity (Wildman–Crippen MR) is 85.4 cm³/mol. The van der Waals surface area contributed by atoms with Gasteiger partial charge in [0.05, 0.1) is 26.9 Å². The molecular weight excluding hydrogens is 280 g/mol. The minimum Gasteiger partial charge on any atom is -0.496 e. The fourth-order valence-corrected chi connectivity index (χ4v) is 2.49. The number of hydrogen-bond donors (Lipinski definition) is 0. The summed E-state index contributed by atoms with van der Waals surface area (Å²) >= 11 is 0. The van der Waals surface area contributed by atoms with E-state index in [9.17, 15) is 4.79 Å². The van der Waals surface area contributed by atoms with Gasteiger partial charge >= 0.3 is 0 Å².